The van der Waals surface area contributed by atoms with Gasteiger partial charge in [0.2, 0.25) is 5.88 Å². The van der Waals surface area contributed by atoms with Crippen molar-refractivity contribution in [2.24, 2.45) is 5.92 Å². The zero-order valence-electron chi connectivity index (χ0n) is 12.8. The fourth-order valence-corrected chi connectivity index (χ4v) is 2.22. The molecular weight excluding hydrogens is 270 g/mol. The summed E-state index contributed by atoms with van der Waals surface area (Å²) in [4.78, 5) is 19.0. The zero-order chi connectivity index (χ0) is 15.5. The van der Waals surface area contributed by atoms with Crippen LogP contribution < -0.4 is 10.1 Å². The molecule has 1 atom stereocenters. The standard InChI is InChI=1S/C15H25N3O3/c1-3-5-12(6-7-15(19)20)8-9-17-13-10-16-11-14(18-13)21-4-2/h10-12H,3-9H2,1-2H3,(H,17,18)(H,19,20). The second-order valence-electron chi connectivity index (χ2n) is 4.98. The third-order valence-electron chi connectivity index (χ3n) is 3.23. The summed E-state index contributed by atoms with van der Waals surface area (Å²) in [5.74, 6) is 0.911. The molecule has 1 aromatic heterocycles. The average molecular weight is 295 g/mol. The molecule has 0 aliphatic rings. The molecule has 1 unspecified atom stereocenters. The van der Waals surface area contributed by atoms with Crippen molar-refractivity contribution in [3.63, 3.8) is 0 Å². The molecule has 6 nitrogen and oxygen atoms in total. The number of aromatic nitrogens is 2. The predicted octanol–water partition coefficient (Wildman–Crippen LogP) is 2.96. The van der Waals surface area contributed by atoms with Gasteiger partial charge in [0, 0.05) is 13.0 Å². The van der Waals surface area contributed by atoms with E-state index in [2.05, 4.69) is 22.2 Å². The summed E-state index contributed by atoms with van der Waals surface area (Å²) in [6.45, 7) is 5.35. The summed E-state index contributed by atoms with van der Waals surface area (Å²) in [5, 5.41) is 12.0. The summed E-state index contributed by atoms with van der Waals surface area (Å²) in [7, 11) is 0. The second-order valence-corrected chi connectivity index (χ2v) is 4.98. The van der Waals surface area contributed by atoms with Gasteiger partial charge in [0.15, 0.2) is 0 Å². The number of nitrogens with one attached hydrogen (secondary N) is 1. The van der Waals surface area contributed by atoms with Crippen LogP contribution in [-0.4, -0.2) is 34.2 Å². The topological polar surface area (TPSA) is 84.3 Å². The van der Waals surface area contributed by atoms with Crippen molar-refractivity contribution in [2.45, 2.75) is 46.0 Å². The van der Waals surface area contributed by atoms with Gasteiger partial charge in [-0.3, -0.25) is 9.78 Å². The SMILES string of the molecule is CCCC(CCNc1cncc(OCC)n1)CCC(=O)O. The Morgan fingerprint density at radius 2 is 2.14 bits per heavy atom. The van der Waals surface area contributed by atoms with E-state index in [4.69, 9.17) is 9.84 Å². The first-order chi connectivity index (χ1) is 10.2. The van der Waals surface area contributed by atoms with Crippen molar-refractivity contribution in [3.8, 4) is 5.88 Å². The number of nitrogens with zero attached hydrogens (tertiary/aromatic N) is 2. The van der Waals surface area contributed by atoms with Crippen molar-refractivity contribution in [3.05, 3.63) is 12.4 Å². The molecule has 0 aliphatic heterocycles. The molecule has 0 fully saturated rings. The van der Waals surface area contributed by atoms with Crippen molar-refractivity contribution < 1.29 is 14.6 Å². The van der Waals surface area contributed by atoms with Crippen LogP contribution in [0.2, 0.25) is 0 Å². The highest BCUT2D eigenvalue weighted by Crippen LogP contribution is 2.18. The van der Waals surface area contributed by atoms with Crippen LogP contribution in [0.15, 0.2) is 12.4 Å². The number of carbonyl (C=O) groups is 1. The van der Waals surface area contributed by atoms with Gasteiger partial charge >= 0.3 is 5.97 Å². The molecule has 0 aromatic carbocycles. The minimum atomic E-state index is -0.723. The van der Waals surface area contributed by atoms with Crippen molar-refractivity contribution in [2.75, 3.05) is 18.5 Å². The normalized spacial score (nSPS) is 11.9. The van der Waals surface area contributed by atoms with E-state index in [1.165, 1.54) is 0 Å². The number of anilines is 1. The Kier molecular flexibility index (Phi) is 8.16. The summed E-state index contributed by atoms with van der Waals surface area (Å²) in [6.07, 6.45) is 7.28. The molecule has 6 heteroatoms. The minimum Gasteiger partial charge on any atom is -0.481 e. The molecule has 0 aliphatic carbocycles. The quantitative estimate of drug-likeness (QED) is 0.653. The van der Waals surface area contributed by atoms with Crippen molar-refractivity contribution in [1.29, 1.82) is 0 Å². The van der Waals surface area contributed by atoms with E-state index in [9.17, 15) is 4.79 Å². The summed E-state index contributed by atoms with van der Waals surface area (Å²) in [6, 6.07) is 0. The maximum Gasteiger partial charge on any atom is 0.303 e. The first-order valence-electron chi connectivity index (χ1n) is 7.56. The Bertz CT molecular complexity index is 426. The van der Waals surface area contributed by atoms with E-state index >= 15 is 0 Å². The fourth-order valence-electron chi connectivity index (χ4n) is 2.22. The van der Waals surface area contributed by atoms with Crippen LogP contribution in [-0.2, 0) is 4.79 Å². The van der Waals surface area contributed by atoms with E-state index < -0.39 is 5.97 Å². The highest BCUT2D eigenvalue weighted by Gasteiger charge is 2.10. The van der Waals surface area contributed by atoms with Crippen LogP contribution in [0.4, 0.5) is 5.82 Å². The summed E-state index contributed by atoms with van der Waals surface area (Å²) >= 11 is 0. The Morgan fingerprint density at radius 3 is 2.81 bits per heavy atom. The molecule has 118 valence electrons. The number of rotatable bonds is 11. The zero-order valence-corrected chi connectivity index (χ0v) is 12.8. The van der Waals surface area contributed by atoms with Crippen molar-refractivity contribution in [1.82, 2.24) is 9.97 Å². The third-order valence-corrected chi connectivity index (χ3v) is 3.23. The van der Waals surface area contributed by atoms with E-state index in [1.807, 2.05) is 6.92 Å². The molecule has 1 rings (SSSR count). The number of carboxylic acid groups (broad SMARTS) is 1. The molecule has 2 N–H and O–H groups in total. The Balaban J connectivity index is 2.38. The van der Waals surface area contributed by atoms with Gasteiger partial charge in [0.1, 0.15) is 5.82 Å². The lowest BCUT2D eigenvalue weighted by atomic mass is 9.94. The highest BCUT2D eigenvalue weighted by atomic mass is 16.5. The van der Waals surface area contributed by atoms with Gasteiger partial charge in [-0.1, -0.05) is 19.8 Å². The van der Waals surface area contributed by atoms with Gasteiger partial charge in [0.25, 0.3) is 0 Å². The average Bonchev–Trinajstić information content (AvgIpc) is 2.45. The highest BCUT2D eigenvalue weighted by molar-refractivity contribution is 5.66. The molecule has 1 aromatic rings. The molecule has 0 saturated heterocycles. The number of ether oxygens (including phenoxy) is 1. The molecule has 0 spiro atoms. The Labute approximate surface area is 126 Å². The van der Waals surface area contributed by atoms with Gasteiger partial charge in [-0.2, -0.15) is 4.98 Å². The van der Waals surface area contributed by atoms with Crippen LogP contribution in [0.5, 0.6) is 5.88 Å². The van der Waals surface area contributed by atoms with Crippen LogP contribution in [0.3, 0.4) is 0 Å². The van der Waals surface area contributed by atoms with Crippen LogP contribution in [0, 0.1) is 5.92 Å². The van der Waals surface area contributed by atoms with E-state index in [-0.39, 0.29) is 6.42 Å². The van der Waals surface area contributed by atoms with E-state index in [1.54, 1.807) is 12.4 Å². The summed E-state index contributed by atoms with van der Waals surface area (Å²) < 4.78 is 5.30. The van der Waals surface area contributed by atoms with Crippen LogP contribution >= 0.6 is 0 Å². The van der Waals surface area contributed by atoms with Gasteiger partial charge in [-0.05, 0) is 25.7 Å². The lowest BCUT2D eigenvalue weighted by molar-refractivity contribution is -0.137. The largest absolute Gasteiger partial charge is 0.481 e. The van der Waals surface area contributed by atoms with Crippen molar-refractivity contribution >= 4 is 11.8 Å². The fraction of sp³-hybridized carbons (Fsp3) is 0.667. The molecule has 0 saturated carbocycles. The summed E-state index contributed by atoms with van der Waals surface area (Å²) in [5.41, 5.74) is 0. The predicted molar refractivity (Wildman–Crippen MR) is 81.6 cm³/mol. The lowest BCUT2D eigenvalue weighted by Gasteiger charge is -2.15. The minimum absolute atomic E-state index is 0.240. The molecule has 21 heavy (non-hydrogen) atoms. The third kappa shape index (κ3) is 7.48. The molecule has 0 radical (unpaired) electrons. The van der Waals surface area contributed by atoms with E-state index in [0.29, 0.717) is 24.2 Å². The molecule has 0 amide bonds. The maximum absolute atomic E-state index is 10.7. The maximum atomic E-state index is 10.7. The number of carboxylic acids is 1. The number of aliphatic carboxylic acids is 1. The monoisotopic (exact) mass is 295 g/mol. The first kappa shape index (κ1) is 17.2. The van der Waals surface area contributed by atoms with Gasteiger partial charge in [-0.15, -0.1) is 0 Å². The van der Waals surface area contributed by atoms with E-state index in [0.717, 1.165) is 32.2 Å². The van der Waals surface area contributed by atoms with Crippen LogP contribution in [0.1, 0.15) is 46.0 Å². The molecular formula is C15H25N3O3. The Morgan fingerprint density at radius 1 is 1.33 bits per heavy atom. The Hall–Kier alpha value is -1.85. The second kappa shape index (κ2) is 9.96. The van der Waals surface area contributed by atoms with Gasteiger partial charge in [-0.25, -0.2) is 0 Å². The molecule has 0 bridgehead atoms. The number of hydrogen-bond donors (Lipinski definition) is 2. The van der Waals surface area contributed by atoms with Crippen LogP contribution in [0.25, 0.3) is 0 Å². The first-order valence-corrected chi connectivity index (χ1v) is 7.56. The molecule has 1 heterocycles. The van der Waals surface area contributed by atoms with Gasteiger partial charge in [0.05, 0.1) is 19.0 Å². The lowest BCUT2D eigenvalue weighted by Crippen LogP contribution is -2.12. The number of hydrogen-bond acceptors (Lipinski definition) is 5. The smallest absolute Gasteiger partial charge is 0.303 e. The van der Waals surface area contributed by atoms with Gasteiger partial charge < -0.3 is 15.2 Å².